The average Bonchev–Trinajstić information content (AvgIpc) is 2.74. The highest BCUT2D eigenvalue weighted by Gasteiger charge is 2.10. The van der Waals surface area contributed by atoms with Gasteiger partial charge in [-0.15, -0.1) is 5.10 Å². The van der Waals surface area contributed by atoms with Crippen LogP contribution in [0.4, 0.5) is 11.8 Å². The molecular weight excluding hydrogens is 218 g/mol. The van der Waals surface area contributed by atoms with Crippen molar-refractivity contribution in [1.82, 2.24) is 24.6 Å². The molecule has 3 aromatic heterocycles. The number of pyridine rings is 1. The summed E-state index contributed by atoms with van der Waals surface area (Å²) in [5.74, 6) is 1.01. The Morgan fingerprint density at radius 1 is 1.12 bits per heavy atom. The molecular formula is C10H9N7. The molecule has 0 saturated carbocycles. The summed E-state index contributed by atoms with van der Waals surface area (Å²) in [4.78, 5) is 12.4. The zero-order valence-electron chi connectivity index (χ0n) is 8.78. The first-order chi connectivity index (χ1) is 8.24. The molecule has 0 unspecified atom stereocenters. The molecule has 0 spiro atoms. The molecule has 0 fully saturated rings. The van der Waals surface area contributed by atoms with E-state index in [0.717, 1.165) is 0 Å². The van der Waals surface area contributed by atoms with Gasteiger partial charge < -0.3 is 11.5 Å². The maximum Gasteiger partial charge on any atom is 0.225 e. The van der Waals surface area contributed by atoms with E-state index in [1.165, 1.54) is 4.52 Å². The van der Waals surface area contributed by atoms with Crippen LogP contribution in [0, 0.1) is 0 Å². The molecule has 3 aromatic rings. The minimum atomic E-state index is 0.203. The van der Waals surface area contributed by atoms with Crippen LogP contribution >= 0.6 is 0 Å². The zero-order chi connectivity index (χ0) is 11.8. The van der Waals surface area contributed by atoms with Gasteiger partial charge in [0.15, 0.2) is 5.65 Å². The zero-order valence-corrected chi connectivity index (χ0v) is 8.78. The number of aromatic nitrogens is 5. The molecule has 0 aliphatic rings. The molecule has 0 atom stereocenters. The standard InChI is InChI=1S/C10H9N7/c11-7-5-8-15-9(6-3-1-2-4-13-6)16-17(8)10(12)14-7/h1-5H,11H2,(H2,12,14). The number of anilines is 2. The Labute approximate surface area is 96.1 Å². The second-order valence-corrected chi connectivity index (χ2v) is 3.46. The minimum Gasteiger partial charge on any atom is -0.383 e. The predicted molar refractivity (Wildman–Crippen MR) is 62.8 cm³/mol. The van der Waals surface area contributed by atoms with Crippen LogP contribution in [0.1, 0.15) is 0 Å². The van der Waals surface area contributed by atoms with Crippen LogP contribution in [-0.2, 0) is 0 Å². The van der Waals surface area contributed by atoms with Crippen molar-refractivity contribution in [3.63, 3.8) is 0 Å². The molecule has 3 heterocycles. The minimum absolute atomic E-state index is 0.203. The Bertz CT molecular complexity index is 674. The molecule has 17 heavy (non-hydrogen) atoms. The third-order valence-corrected chi connectivity index (χ3v) is 2.26. The number of nitrogen functional groups attached to an aromatic ring is 2. The maximum atomic E-state index is 5.70. The quantitative estimate of drug-likeness (QED) is 0.621. The molecule has 84 valence electrons. The summed E-state index contributed by atoms with van der Waals surface area (Å²) in [7, 11) is 0. The first kappa shape index (κ1) is 9.52. The molecule has 0 aromatic carbocycles. The van der Waals surface area contributed by atoms with Crippen molar-refractivity contribution in [3.8, 4) is 11.5 Å². The first-order valence-corrected chi connectivity index (χ1v) is 4.94. The van der Waals surface area contributed by atoms with Gasteiger partial charge in [0, 0.05) is 12.3 Å². The van der Waals surface area contributed by atoms with Crippen LogP contribution in [0.5, 0.6) is 0 Å². The summed E-state index contributed by atoms with van der Waals surface area (Å²) in [5.41, 5.74) is 12.5. The van der Waals surface area contributed by atoms with Gasteiger partial charge in [-0.05, 0) is 12.1 Å². The molecule has 7 nitrogen and oxygen atoms in total. The van der Waals surface area contributed by atoms with E-state index in [9.17, 15) is 0 Å². The van der Waals surface area contributed by atoms with Crippen LogP contribution in [0.25, 0.3) is 17.2 Å². The van der Waals surface area contributed by atoms with E-state index in [4.69, 9.17) is 11.5 Å². The van der Waals surface area contributed by atoms with Crippen molar-refractivity contribution in [2.75, 3.05) is 11.5 Å². The van der Waals surface area contributed by atoms with E-state index in [2.05, 4.69) is 20.1 Å². The number of hydrogen-bond donors (Lipinski definition) is 2. The largest absolute Gasteiger partial charge is 0.383 e. The van der Waals surface area contributed by atoms with Crippen LogP contribution in [0.15, 0.2) is 30.5 Å². The van der Waals surface area contributed by atoms with Gasteiger partial charge in [-0.25, -0.2) is 4.98 Å². The van der Waals surface area contributed by atoms with E-state index in [0.29, 0.717) is 23.0 Å². The summed E-state index contributed by atoms with van der Waals surface area (Å²) in [6.45, 7) is 0. The van der Waals surface area contributed by atoms with Crippen molar-refractivity contribution >= 4 is 17.4 Å². The second kappa shape index (κ2) is 3.41. The van der Waals surface area contributed by atoms with Gasteiger partial charge in [-0.1, -0.05) is 6.07 Å². The molecule has 7 heteroatoms. The monoisotopic (exact) mass is 227 g/mol. The van der Waals surface area contributed by atoms with Gasteiger partial charge in [-0.3, -0.25) is 4.98 Å². The maximum absolute atomic E-state index is 5.70. The highest BCUT2D eigenvalue weighted by molar-refractivity contribution is 5.58. The Kier molecular flexibility index (Phi) is 1.91. The highest BCUT2D eigenvalue weighted by Crippen LogP contribution is 2.15. The average molecular weight is 227 g/mol. The molecule has 0 aliphatic heterocycles. The Hall–Kier alpha value is -2.70. The van der Waals surface area contributed by atoms with Crippen LogP contribution in [0.3, 0.4) is 0 Å². The van der Waals surface area contributed by atoms with Crippen LogP contribution in [0.2, 0.25) is 0 Å². The molecule has 0 radical (unpaired) electrons. The second-order valence-electron chi connectivity index (χ2n) is 3.46. The van der Waals surface area contributed by atoms with Gasteiger partial charge in [0.1, 0.15) is 11.5 Å². The molecule has 4 N–H and O–H groups in total. The Morgan fingerprint density at radius 3 is 2.76 bits per heavy atom. The summed E-state index contributed by atoms with van der Waals surface area (Å²) >= 11 is 0. The SMILES string of the molecule is Nc1cc2nc(-c3ccccn3)nn2c(N)n1. The lowest BCUT2D eigenvalue weighted by Gasteiger charge is -1.96. The van der Waals surface area contributed by atoms with E-state index < -0.39 is 0 Å². The smallest absolute Gasteiger partial charge is 0.225 e. The molecule has 0 saturated heterocycles. The summed E-state index contributed by atoms with van der Waals surface area (Å²) in [6, 6.07) is 7.12. The van der Waals surface area contributed by atoms with Crippen molar-refractivity contribution < 1.29 is 0 Å². The molecule has 0 amide bonds. The number of nitrogens with zero attached hydrogens (tertiary/aromatic N) is 5. The molecule has 0 bridgehead atoms. The van der Waals surface area contributed by atoms with Crippen molar-refractivity contribution in [2.24, 2.45) is 0 Å². The van der Waals surface area contributed by atoms with Gasteiger partial charge in [0.2, 0.25) is 11.8 Å². The normalized spacial score (nSPS) is 10.8. The summed E-state index contributed by atoms with van der Waals surface area (Å²) in [6.07, 6.45) is 1.68. The first-order valence-electron chi connectivity index (χ1n) is 4.94. The highest BCUT2D eigenvalue weighted by atomic mass is 15.4. The Balaban J connectivity index is 2.24. The van der Waals surface area contributed by atoms with Crippen molar-refractivity contribution in [2.45, 2.75) is 0 Å². The topological polar surface area (TPSA) is 108 Å². The fraction of sp³-hybridized carbons (Fsp3) is 0. The summed E-state index contributed by atoms with van der Waals surface area (Å²) in [5, 5.41) is 4.22. The predicted octanol–water partition coefficient (Wildman–Crippen LogP) is 0.351. The van der Waals surface area contributed by atoms with Crippen LogP contribution < -0.4 is 11.5 Å². The fourth-order valence-electron chi connectivity index (χ4n) is 1.53. The third-order valence-electron chi connectivity index (χ3n) is 2.26. The Morgan fingerprint density at radius 2 is 2.00 bits per heavy atom. The van der Waals surface area contributed by atoms with Gasteiger partial charge in [0.05, 0.1) is 0 Å². The van der Waals surface area contributed by atoms with Crippen molar-refractivity contribution in [1.29, 1.82) is 0 Å². The lowest BCUT2D eigenvalue weighted by atomic mass is 10.3. The van der Waals surface area contributed by atoms with Gasteiger partial charge >= 0.3 is 0 Å². The number of rotatable bonds is 1. The lowest BCUT2D eigenvalue weighted by molar-refractivity contribution is 0.943. The summed E-state index contributed by atoms with van der Waals surface area (Å²) < 4.78 is 1.43. The third kappa shape index (κ3) is 1.53. The van der Waals surface area contributed by atoms with E-state index in [1.807, 2.05) is 18.2 Å². The lowest BCUT2D eigenvalue weighted by Crippen LogP contribution is -2.04. The number of hydrogen-bond acceptors (Lipinski definition) is 6. The molecule has 0 aliphatic carbocycles. The van der Waals surface area contributed by atoms with Crippen LogP contribution in [-0.4, -0.2) is 24.6 Å². The number of fused-ring (bicyclic) bond motifs is 1. The number of nitrogens with two attached hydrogens (primary N) is 2. The van der Waals surface area contributed by atoms with E-state index in [1.54, 1.807) is 12.3 Å². The molecule has 3 rings (SSSR count). The van der Waals surface area contributed by atoms with E-state index >= 15 is 0 Å². The van der Waals surface area contributed by atoms with Gasteiger partial charge in [-0.2, -0.15) is 9.50 Å². The van der Waals surface area contributed by atoms with Gasteiger partial charge in [0.25, 0.3) is 0 Å². The fourth-order valence-corrected chi connectivity index (χ4v) is 1.53. The van der Waals surface area contributed by atoms with Crippen molar-refractivity contribution in [3.05, 3.63) is 30.5 Å². The van der Waals surface area contributed by atoms with E-state index in [-0.39, 0.29) is 5.95 Å².